The molecule has 3 rings (SSSR count). The van der Waals surface area contributed by atoms with Crippen molar-refractivity contribution < 1.29 is 14.3 Å². The Hall–Kier alpha value is -2.62. The molecule has 0 fully saturated rings. The summed E-state index contributed by atoms with van der Waals surface area (Å²) in [6, 6.07) is 6.67. The molecule has 4 nitrogen and oxygen atoms in total. The molecule has 2 aromatic rings. The van der Waals surface area contributed by atoms with Gasteiger partial charge in [-0.15, -0.1) is 0 Å². The van der Waals surface area contributed by atoms with Crippen LogP contribution < -0.4 is 10.2 Å². The van der Waals surface area contributed by atoms with E-state index in [9.17, 15) is 9.59 Å². The largest absolute Gasteiger partial charge is 0.496 e. The maximum atomic E-state index is 12.3. The molecule has 0 amide bonds. The minimum atomic E-state index is -0.415. The second-order valence-electron chi connectivity index (χ2n) is 5.17. The maximum absolute atomic E-state index is 12.3. The van der Waals surface area contributed by atoms with E-state index in [1.165, 1.54) is 13.2 Å². The first-order valence-corrected chi connectivity index (χ1v) is 7.11. The fourth-order valence-electron chi connectivity index (χ4n) is 2.89. The van der Waals surface area contributed by atoms with E-state index in [1.54, 1.807) is 25.1 Å². The molecule has 0 aliphatic heterocycles. The Morgan fingerprint density at radius 2 is 2.00 bits per heavy atom. The van der Waals surface area contributed by atoms with E-state index in [4.69, 9.17) is 9.47 Å². The first kappa shape index (κ1) is 14.3. The van der Waals surface area contributed by atoms with Gasteiger partial charge in [-0.2, -0.15) is 0 Å². The summed E-state index contributed by atoms with van der Waals surface area (Å²) < 4.78 is 10.5. The van der Waals surface area contributed by atoms with Crippen molar-refractivity contribution in [2.24, 2.45) is 0 Å². The lowest BCUT2D eigenvalue weighted by atomic mass is 10.0. The van der Waals surface area contributed by atoms with E-state index < -0.39 is 5.97 Å². The van der Waals surface area contributed by atoms with Crippen LogP contribution >= 0.6 is 0 Å². The molecule has 0 N–H and O–H groups in total. The van der Waals surface area contributed by atoms with Crippen LogP contribution in [0.3, 0.4) is 0 Å². The average Bonchev–Trinajstić information content (AvgIpc) is 2.70. The van der Waals surface area contributed by atoms with Gasteiger partial charge in [0, 0.05) is 5.56 Å². The van der Waals surface area contributed by atoms with Gasteiger partial charge >= 0.3 is 5.97 Å². The molecule has 22 heavy (non-hydrogen) atoms. The molecule has 4 heteroatoms. The quantitative estimate of drug-likeness (QED) is 0.816. The predicted octanol–water partition coefficient (Wildman–Crippen LogP) is 3.26. The number of esters is 1. The Bertz CT molecular complexity index is 878. The van der Waals surface area contributed by atoms with Gasteiger partial charge in [-0.3, -0.25) is 4.79 Å². The van der Waals surface area contributed by atoms with Crippen LogP contribution in [-0.4, -0.2) is 19.7 Å². The summed E-state index contributed by atoms with van der Waals surface area (Å²) in [7, 11) is 1.52. The van der Waals surface area contributed by atoms with E-state index in [0.29, 0.717) is 17.9 Å². The standard InChI is InChI=1S/C18H16O4/c1-4-22-18(20)17-14-7-10(2)13-9-12(19)6-5-11(16(13)14)8-15(17)21-3/h5-9H,4H2,1-3H3. The summed E-state index contributed by atoms with van der Waals surface area (Å²) in [4.78, 5) is 24.2. The highest BCUT2D eigenvalue weighted by Gasteiger charge is 2.25. The van der Waals surface area contributed by atoms with Crippen LogP contribution in [0.1, 0.15) is 35.3 Å². The number of hydrogen-bond acceptors (Lipinski definition) is 4. The van der Waals surface area contributed by atoms with Gasteiger partial charge in [0.1, 0.15) is 11.3 Å². The molecule has 0 saturated heterocycles. The minimum absolute atomic E-state index is 0.0662. The average molecular weight is 296 g/mol. The second-order valence-corrected chi connectivity index (χ2v) is 5.17. The van der Waals surface area contributed by atoms with Crippen LogP contribution in [-0.2, 0) is 4.74 Å². The summed E-state index contributed by atoms with van der Waals surface area (Å²) in [5, 5.41) is 1.76. The molecule has 0 saturated carbocycles. The number of hydrogen-bond donors (Lipinski definition) is 0. The van der Waals surface area contributed by atoms with Crippen LogP contribution in [0.2, 0.25) is 0 Å². The van der Waals surface area contributed by atoms with Crippen molar-refractivity contribution in [3.8, 4) is 5.75 Å². The lowest BCUT2D eigenvalue weighted by Crippen LogP contribution is -2.09. The van der Waals surface area contributed by atoms with Gasteiger partial charge in [0.25, 0.3) is 0 Å². The molecular formula is C18H16O4. The Kier molecular flexibility index (Phi) is 3.45. The normalized spacial score (nSPS) is 12.2. The third-order valence-corrected chi connectivity index (χ3v) is 3.83. The SMILES string of the molecule is CCOC(=O)c1c(OC)cc2ccc(=O)cc3c2c1C=C3C. The summed E-state index contributed by atoms with van der Waals surface area (Å²) in [6.45, 7) is 3.99. The fourth-order valence-corrected chi connectivity index (χ4v) is 2.89. The highest BCUT2D eigenvalue weighted by Crippen LogP contribution is 2.41. The van der Waals surface area contributed by atoms with Gasteiger partial charge in [0.2, 0.25) is 0 Å². The third kappa shape index (κ3) is 2.08. The zero-order valence-electron chi connectivity index (χ0n) is 12.7. The first-order chi connectivity index (χ1) is 10.6. The second kappa shape index (κ2) is 5.30. The van der Waals surface area contributed by atoms with Crippen molar-refractivity contribution in [1.82, 2.24) is 0 Å². The van der Waals surface area contributed by atoms with Gasteiger partial charge in [-0.1, -0.05) is 6.07 Å². The molecule has 0 aromatic heterocycles. The zero-order chi connectivity index (χ0) is 15.9. The number of allylic oxidation sites excluding steroid dienone is 1. The van der Waals surface area contributed by atoms with Gasteiger partial charge in [-0.25, -0.2) is 4.79 Å². The lowest BCUT2D eigenvalue weighted by molar-refractivity contribution is 0.0522. The zero-order valence-corrected chi connectivity index (χ0v) is 12.7. The number of benzene rings is 1. The number of ether oxygens (including phenoxy) is 2. The van der Waals surface area contributed by atoms with E-state index in [2.05, 4.69) is 0 Å². The molecule has 0 heterocycles. The Labute approximate surface area is 128 Å². The topological polar surface area (TPSA) is 52.6 Å². The number of carbonyl (C=O) groups is 1. The fraction of sp³-hybridized carbons (Fsp3) is 0.222. The molecule has 0 spiro atoms. The van der Waals surface area contributed by atoms with Crippen LogP contribution in [0.25, 0.3) is 22.4 Å². The van der Waals surface area contributed by atoms with Gasteiger partial charge in [0.15, 0.2) is 5.43 Å². The van der Waals surface area contributed by atoms with Crippen molar-refractivity contribution in [2.75, 3.05) is 13.7 Å². The van der Waals surface area contributed by atoms with Crippen LogP contribution in [0.15, 0.2) is 29.1 Å². The van der Waals surface area contributed by atoms with Gasteiger partial charge in [-0.05, 0) is 60.0 Å². The van der Waals surface area contributed by atoms with Gasteiger partial charge in [0.05, 0.1) is 13.7 Å². The van der Waals surface area contributed by atoms with Crippen molar-refractivity contribution >= 4 is 28.4 Å². The Balaban J connectivity index is 2.46. The molecular weight excluding hydrogens is 280 g/mol. The molecule has 0 atom stereocenters. The van der Waals surface area contributed by atoms with E-state index >= 15 is 0 Å². The maximum Gasteiger partial charge on any atom is 0.342 e. The summed E-state index contributed by atoms with van der Waals surface area (Å²) >= 11 is 0. The van der Waals surface area contributed by atoms with Crippen molar-refractivity contribution in [2.45, 2.75) is 13.8 Å². The molecule has 1 aliphatic carbocycles. The molecule has 1 aliphatic rings. The summed E-state index contributed by atoms with van der Waals surface area (Å²) in [5.74, 6) is 0.0403. The lowest BCUT2D eigenvalue weighted by Gasteiger charge is -2.12. The number of rotatable bonds is 3. The number of methoxy groups -OCH3 is 1. The third-order valence-electron chi connectivity index (χ3n) is 3.83. The predicted molar refractivity (Wildman–Crippen MR) is 86.3 cm³/mol. The molecule has 2 aromatic carbocycles. The monoisotopic (exact) mass is 296 g/mol. The molecule has 0 bridgehead atoms. The van der Waals surface area contributed by atoms with Crippen LogP contribution in [0.4, 0.5) is 0 Å². The first-order valence-electron chi connectivity index (χ1n) is 7.11. The molecule has 0 unspecified atom stereocenters. The Morgan fingerprint density at radius 3 is 2.68 bits per heavy atom. The smallest absolute Gasteiger partial charge is 0.342 e. The van der Waals surface area contributed by atoms with E-state index in [0.717, 1.165) is 27.5 Å². The molecule has 112 valence electrons. The highest BCUT2D eigenvalue weighted by molar-refractivity contribution is 6.15. The van der Waals surface area contributed by atoms with Crippen molar-refractivity contribution in [3.63, 3.8) is 0 Å². The van der Waals surface area contributed by atoms with Crippen LogP contribution in [0, 0.1) is 0 Å². The minimum Gasteiger partial charge on any atom is -0.496 e. The van der Waals surface area contributed by atoms with Crippen LogP contribution in [0.5, 0.6) is 5.75 Å². The van der Waals surface area contributed by atoms with Crippen molar-refractivity contribution in [1.29, 1.82) is 0 Å². The van der Waals surface area contributed by atoms with E-state index in [1.807, 2.05) is 13.0 Å². The summed E-state index contributed by atoms with van der Waals surface area (Å²) in [5.41, 5.74) is 2.91. The Morgan fingerprint density at radius 1 is 1.23 bits per heavy atom. The summed E-state index contributed by atoms with van der Waals surface area (Å²) in [6.07, 6.45) is 1.91. The van der Waals surface area contributed by atoms with Gasteiger partial charge < -0.3 is 9.47 Å². The molecule has 0 radical (unpaired) electrons. The van der Waals surface area contributed by atoms with E-state index in [-0.39, 0.29) is 5.43 Å². The van der Waals surface area contributed by atoms with Crippen molar-refractivity contribution in [3.05, 3.63) is 51.2 Å². The highest BCUT2D eigenvalue weighted by atomic mass is 16.5. The number of carbonyl (C=O) groups excluding carboxylic acids is 1.